The molecule has 0 aliphatic carbocycles. The topological polar surface area (TPSA) is 71.4 Å². The molecule has 0 radical (unpaired) electrons. The molecule has 0 bridgehead atoms. The predicted octanol–water partition coefficient (Wildman–Crippen LogP) is 3.03. The van der Waals surface area contributed by atoms with E-state index >= 15 is 0 Å². The van der Waals surface area contributed by atoms with Crippen molar-refractivity contribution in [3.8, 4) is 0 Å². The van der Waals surface area contributed by atoms with Crippen LogP contribution in [-0.4, -0.2) is 57.2 Å². The summed E-state index contributed by atoms with van der Waals surface area (Å²) < 4.78 is 10.6. The zero-order chi connectivity index (χ0) is 19.1. The SMILES string of the molecule is CCCCCC=NCC1CN(c2ccc(N3CCOCC3=O)cc2)C(=O)O1. The minimum Gasteiger partial charge on any atom is -0.442 e. The fraction of sp³-hybridized carbons (Fsp3) is 0.550. The van der Waals surface area contributed by atoms with Gasteiger partial charge in [0.1, 0.15) is 12.7 Å². The van der Waals surface area contributed by atoms with Gasteiger partial charge < -0.3 is 14.4 Å². The summed E-state index contributed by atoms with van der Waals surface area (Å²) in [5, 5.41) is 0. The number of hydrogen-bond donors (Lipinski definition) is 0. The van der Waals surface area contributed by atoms with Gasteiger partial charge in [-0.1, -0.05) is 19.8 Å². The number of benzene rings is 1. The van der Waals surface area contributed by atoms with Gasteiger partial charge in [0.15, 0.2) is 0 Å². The Balaban J connectivity index is 1.53. The van der Waals surface area contributed by atoms with E-state index in [1.165, 1.54) is 12.8 Å². The van der Waals surface area contributed by atoms with E-state index in [1.807, 2.05) is 30.5 Å². The number of hydrogen-bond acceptors (Lipinski definition) is 5. The largest absolute Gasteiger partial charge is 0.442 e. The summed E-state index contributed by atoms with van der Waals surface area (Å²) >= 11 is 0. The quantitative estimate of drug-likeness (QED) is 0.519. The highest BCUT2D eigenvalue weighted by Crippen LogP contribution is 2.25. The number of unbranched alkanes of at least 4 members (excludes halogenated alkanes) is 3. The van der Waals surface area contributed by atoms with Gasteiger partial charge in [0.2, 0.25) is 0 Å². The highest BCUT2D eigenvalue weighted by atomic mass is 16.6. The molecule has 3 rings (SSSR count). The molecule has 2 aliphatic rings. The number of ether oxygens (including phenoxy) is 2. The molecule has 7 nitrogen and oxygen atoms in total. The van der Waals surface area contributed by atoms with E-state index in [0.717, 1.165) is 24.2 Å². The Hall–Kier alpha value is -2.41. The zero-order valence-corrected chi connectivity index (χ0v) is 15.8. The summed E-state index contributed by atoms with van der Waals surface area (Å²) in [6, 6.07) is 7.39. The number of aliphatic imine (C=N–C) groups is 1. The van der Waals surface area contributed by atoms with Gasteiger partial charge in [-0.2, -0.15) is 0 Å². The smallest absolute Gasteiger partial charge is 0.414 e. The van der Waals surface area contributed by atoms with E-state index < -0.39 is 0 Å². The summed E-state index contributed by atoms with van der Waals surface area (Å²) in [6.45, 7) is 4.35. The molecular weight excluding hydrogens is 346 g/mol. The van der Waals surface area contributed by atoms with Crippen LogP contribution in [0.15, 0.2) is 29.3 Å². The van der Waals surface area contributed by atoms with Crippen LogP contribution in [0.25, 0.3) is 0 Å². The first-order chi connectivity index (χ1) is 13.2. The minimum atomic E-state index is -0.351. The normalized spacial score (nSPS) is 20.6. The third-order valence-electron chi connectivity index (χ3n) is 4.71. The maximum atomic E-state index is 12.2. The van der Waals surface area contributed by atoms with Crippen LogP contribution in [0, 0.1) is 0 Å². The molecule has 0 spiro atoms. The number of rotatable bonds is 8. The number of anilines is 2. The fourth-order valence-corrected chi connectivity index (χ4v) is 3.20. The van der Waals surface area contributed by atoms with Gasteiger partial charge in [-0.25, -0.2) is 4.79 Å². The van der Waals surface area contributed by atoms with E-state index in [0.29, 0.717) is 26.2 Å². The zero-order valence-electron chi connectivity index (χ0n) is 15.8. The number of carbonyl (C=O) groups excluding carboxylic acids is 2. The Labute approximate surface area is 159 Å². The van der Waals surface area contributed by atoms with Crippen molar-refractivity contribution in [3.05, 3.63) is 24.3 Å². The second-order valence-electron chi connectivity index (χ2n) is 6.77. The van der Waals surface area contributed by atoms with Crippen LogP contribution in [0.3, 0.4) is 0 Å². The molecule has 1 atom stereocenters. The third-order valence-corrected chi connectivity index (χ3v) is 4.71. The first-order valence-electron chi connectivity index (χ1n) is 9.63. The van der Waals surface area contributed by atoms with Gasteiger partial charge in [0.25, 0.3) is 5.91 Å². The highest BCUT2D eigenvalue weighted by molar-refractivity contribution is 5.95. The van der Waals surface area contributed by atoms with Crippen molar-refractivity contribution in [2.75, 3.05) is 42.6 Å². The Morgan fingerprint density at radius 1 is 1.15 bits per heavy atom. The van der Waals surface area contributed by atoms with E-state index in [4.69, 9.17) is 9.47 Å². The lowest BCUT2D eigenvalue weighted by atomic mass is 10.2. The van der Waals surface area contributed by atoms with Crippen LogP contribution in [-0.2, 0) is 14.3 Å². The number of nitrogens with zero attached hydrogens (tertiary/aromatic N) is 3. The summed E-state index contributed by atoms with van der Waals surface area (Å²) in [4.78, 5) is 31.8. The Kier molecular flexibility index (Phi) is 6.81. The average Bonchev–Trinajstić information content (AvgIpc) is 3.06. The second kappa shape index (κ2) is 9.50. The molecule has 0 aromatic heterocycles. The second-order valence-corrected chi connectivity index (χ2v) is 6.77. The standard InChI is InChI=1S/C20H27N3O4/c1-2-3-4-5-10-21-13-18-14-23(20(25)27-18)17-8-6-16(7-9-17)22-11-12-26-15-19(22)24/h6-10,18H,2-5,11-15H2,1H3. The third kappa shape index (κ3) is 5.07. The monoisotopic (exact) mass is 373 g/mol. The molecule has 1 unspecified atom stereocenters. The number of morpholine rings is 1. The summed E-state index contributed by atoms with van der Waals surface area (Å²) in [5.74, 6) is -0.0496. The van der Waals surface area contributed by atoms with E-state index in [9.17, 15) is 9.59 Å². The molecule has 2 amide bonds. The summed E-state index contributed by atoms with van der Waals surface area (Å²) in [5.41, 5.74) is 1.58. The Morgan fingerprint density at radius 2 is 1.89 bits per heavy atom. The molecule has 7 heteroatoms. The number of cyclic esters (lactones) is 1. The Morgan fingerprint density at radius 3 is 2.59 bits per heavy atom. The van der Waals surface area contributed by atoms with Crippen LogP contribution in [0.5, 0.6) is 0 Å². The maximum Gasteiger partial charge on any atom is 0.414 e. The molecule has 0 saturated carbocycles. The van der Waals surface area contributed by atoms with E-state index in [1.54, 1.807) is 9.80 Å². The Bertz CT molecular complexity index is 674. The number of amides is 2. The molecule has 2 aliphatic heterocycles. The molecule has 2 fully saturated rings. The molecule has 27 heavy (non-hydrogen) atoms. The van der Waals surface area contributed by atoms with Crippen molar-refractivity contribution in [1.29, 1.82) is 0 Å². The van der Waals surface area contributed by atoms with Gasteiger partial charge in [-0.15, -0.1) is 0 Å². The van der Waals surface area contributed by atoms with Gasteiger partial charge in [0.05, 0.1) is 19.7 Å². The lowest BCUT2D eigenvalue weighted by Gasteiger charge is -2.27. The average molecular weight is 373 g/mol. The van der Waals surface area contributed by atoms with Gasteiger partial charge >= 0.3 is 6.09 Å². The highest BCUT2D eigenvalue weighted by Gasteiger charge is 2.32. The first-order valence-corrected chi connectivity index (χ1v) is 9.63. The van der Waals surface area contributed by atoms with Gasteiger partial charge in [-0.05, 0) is 43.3 Å². The molecule has 1 aromatic rings. The van der Waals surface area contributed by atoms with E-state index in [-0.39, 0.29) is 24.7 Å². The summed E-state index contributed by atoms with van der Waals surface area (Å²) in [7, 11) is 0. The van der Waals surface area contributed by atoms with Gasteiger partial charge in [-0.3, -0.25) is 14.7 Å². The molecular formula is C20H27N3O4. The molecule has 2 saturated heterocycles. The first kappa shape index (κ1) is 19.4. The molecule has 2 heterocycles. The van der Waals surface area contributed by atoms with Crippen LogP contribution in [0.1, 0.15) is 32.6 Å². The van der Waals surface area contributed by atoms with Crippen molar-refractivity contribution in [1.82, 2.24) is 0 Å². The molecule has 0 N–H and O–H groups in total. The van der Waals surface area contributed by atoms with Gasteiger partial charge in [0, 0.05) is 17.9 Å². The van der Waals surface area contributed by atoms with Crippen LogP contribution in [0.4, 0.5) is 16.2 Å². The number of carbonyl (C=O) groups is 2. The van der Waals surface area contributed by atoms with Crippen molar-refractivity contribution in [3.63, 3.8) is 0 Å². The lowest BCUT2D eigenvalue weighted by molar-refractivity contribution is -0.125. The molecule has 146 valence electrons. The van der Waals surface area contributed by atoms with Crippen molar-refractivity contribution in [2.24, 2.45) is 4.99 Å². The van der Waals surface area contributed by atoms with Crippen molar-refractivity contribution < 1.29 is 19.1 Å². The molecule has 1 aromatic carbocycles. The lowest BCUT2D eigenvalue weighted by Crippen LogP contribution is -2.41. The maximum absolute atomic E-state index is 12.2. The van der Waals surface area contributed by atoms with Crippen LogP contribution >= 0.6 is 0 Å². The fourth-order valence-electron chi connectivity index (χ4n) is 3.20. The van der Waals surface area contributed by atoms with Crippen molar-refractivity contribution in [2.45, 2.75) is 38.7 Å². The van der Waals surface area contributed by atoms with E-state index in [2.05, 4.69) is 11.9 Å². The predicted molar refractivity (Wildman–Crippen MR) is 105 cm³/mol. The minimum absolute atomic E-state index is 0.0496. The van der Waals surface area contributed by atoms with Crippen LogP contribution < -0.4 is 9.80 Å². The van der Waals surface area contributed by atoms with Crippen molar-refractivity contribution >= 4 is 29.6 Å². The summed E-state index contributed by atoms with van der Waals surface area (Å²) in [6.07, 6.45) is 5.89. The van der Waals surface area contributed by atoms with Crippen LogP contribution in [0.2, 0.25) is 0 Å².